The molecule has 0 radical (unpaired) electrons. The fourth-order valence-electron chi connectivity index (χ4n) is 1.20. The van der Waals surface area contributed by atoms with Crippen LogP contribution >= 0.6 is 0 Å². The van der Waals surface area contributed by atoms with Crippen LogP contribution in [-0.2, 0) is 6.18 Å². The van der Waals surface area contributed by atoms with Gasteiger partial charge in [0.1, 0.15) is 17.9 Å². The normalized spacial score (nSPS) is 11.1. The molecule has 1 aromatic rings. The number of halogens is 3. The molecule has 0 fully saturated rings. The van der Waals surface area contributed by atoms with Gasteiger partial charge in [-0.1, -0.05) is 6.58 Å². The first-order chi connectivity index (χ1) is 8.21. The molecule has 0 N–H and O–H groups in total. The predicted molar refractivity (Wildman–Crippen MR) is 58.4 cm³/mol. The van der Waals surface area contributed by atoms with Crippen LogP contribution in [0.2, 0.25) is 0 Å². The predicted octanol–water partition coefficient (Wildman–Crippen LogP) is 3.57. The summed E-state index contributed by atoms with van der Waals surface area (Å²) in [4.78, 5) is 9.42. The van der Waals surface area contributed by atoms with E-state index in [2.05, 4.69) is 6.58 Å². The fraction of sp³-hybridized carbons (Fsp3) is 0.273. The van der Waals surface area contributed by atoms with Crippen molar-refractivity contribution in [3.63, 3.8) is 0 Å². The zero-order valence-electron chi connectivity index (χ0n) is 9.45. The van der Waals surface area contributed by atoms with Gasteiger partial charge in [0.25, 0.3) is 5.69 Å². The molecule has 0 saturated carbocycles. The number of nitro benzene ring substituents is 1. The average Bonchev–Trinajstić information content (AvgIpc) is 2.24. The summed E-state index contributed by atoms with van der Waals surface area (Å²) in [7, 11) is 0. The zero-order chi connectivity index (χ0) is 13.9. The van der Waals surface area contributed by atoms with Crippen molar-refractivity contribution < 1.29 is 22.8 Å². The summed E-state index contributed by atoms with van der Waals surface area (Å²) in [6, 6.07) is 2.51. The third kappa shape index (κ3) is 3.47. The maximum absolute atomic E-state index is 12.6. The Bertz CT molecular complexity index is 483. The van der Waals surface area contributed by atoms with E-state index in [1.807, 2.05) is 0 Å². The molecule has 0 bridgehead atoms. The molecule has 0 saturated heterocycles. The summed E-state index contributed by atoms with van der Waals surface area (Å²) in [5, 5.41) is 10.5. The smallest absolute Gasteiger partial charge is 0.423 e. The second-order valence-electron chi connectivity index (χ2n) is 3.68. The van der Waals surface area contributed by atoms with Crippen molar-refractivity contribution in [2.75, 3.05) is 6.61 Å². The van der Waals surface area contributed by atoms with Crippen LogP contribution in [0.25, 0.3) is 0 Å². The van der Waals surface area contributed by atoms with Crippen LogP contribution in [-0.4, -0.2) is 11.5 Å². The van der Waals surface area contributed by atoms with Crippen molar-refractivity contribution in [2.45, 2.75) is 13.1 Å². The Hall–Kier alpha value is -2.05. The molecule has 0 atom stereocenters. The molecular weight excluding hydrogens is 251 g/mol. The van der Waals surface area contributed by atoms with E-state index in [4.69, 9.17) is 4.74 Å². The third-order valence-corrected chi connectivity index (χ3v) is 1.96. The van der Waals surface area contributed by atoms with E-state index in [0.29, 0.717) is 11.6 Å². The molecular formula is C11H10F3NO3. The van der Waals surface area contributed by atoms with E-state index in [9.17, 15) is 23.3 Å². The van der Waals surface area contributed by atoms with Gasteiger partial charge in [-0.05, 0) is 24.6 Å². The lowest BCUT2D eigenvalue weighted by Crippen LogP contribution is -2.09. The summed E-state index contributed by atoms with van der Waals surface area (Å²) in [6.07, 6.45) is -4.80. The van der Waals surface area contributed by atoms with Crippen molar-refractivity contribution in [1.82, 2.24) is 0 Å². The van der Waals surface area contributed by atoms with Crippen molar-refractivity contribution in [2.24, 2.45) is 0 Å². The Kier molecular flexibility index (Phi) is 3.95. The molecule has 0 aliphatic rings. The van der Waals surface area contributed by atoms with Crippen molar-refractivity contribution in [3.05, 3.63) is 46.0 Å². The number of rotatable bonds is 4. The van der Waals surface area contributed by atoms with Gasteiger partial charge in [0.15, 0.2) is 0 Å². The molecule has 18 heavy (non-hydrogen) atoms. The van der Waals surface area contributed by atoms with Gasteiger partial charge in [-0.15, -0.1) is 0 Å². The van der Waals surface area contributed by atoms with Gasteiger partial charge < -0.3 is 4.74 Å². The Morgan fingerprint density at radius 1 is 1.50 bits per heavy atom. The Morgan fingerprint density at radius 3 is 2.56 bits per heavy atom. The first-order valence-electron chi connectivity index (χ1n) is 4.84. The van der Waals surface area contributed by atoms with Crippen molar-refractivity contribution in [1.29, 1.82) is 0 Å². The molecule has 4 nitrogen and oxygen atoms in total. The van der Waals surface area contributed by atoms with Gasteiger partial charge >= 0.3 is 6.18 Å². The van der Waals surface area contributed by atoms with E-state index >= 15 is 0 Å². The molecule has 7 heteroatoms. The van der Waals surface area contributed by atoms with Crippen molar-refractivity contribution in [3.8, 4) is 5.75 Å². The van der Waals surface area contributed by atoms with Crippen LogP contribution in [0.1, 0.15) is 12.5 Å². The second-order valence-corrected chi connectivity index (χ2v) is 3.68. The number of benzene rings is 1. The third-order valence-electron chi connectivity index (χ3n) is 1.96. The van der Waals surface area contributed by atoms with Crippen LogP contribution in [0.15, 0.2) is 30.4 Å². The summed E-state index contributed by atoms with van der Waals surface area (Å²) in [5.41, 5.74) is -1.70. The number of nitrogens with zero attached hydrogens (tertiary/aromatic N) is 1. The number of hydrogen-bond acceptors (Lipinski definition) is 3. The molecule has 0 unspecified atom stereocenters. The lowest BCUT2D eigenvalue weighted by atomic mass is 10.1. The van der Waals surface area contributed by atoms with Gasteiger partial charge in [-0.25, -0.2) is 0 Å². The molecule has 1 rings (SSSR count). The highest BCUT2D eigenvalue weighted by atomic mass is 19.4. The fourth-order valence-corrected chi connectivity index (χ4v) is 1.20. The first kappa shape index (κ1) is 14.0. The average molecular weight is 261 g/mol. The molecule has 0 aromatic heterocycles. The molecule has 0 aliphatic heterocycles. The number of hydrogen-bond donors (Lipinski definition) is 0. The SMILES string of the molecule is C=C(C)COc1ccc([N+](=O)[O-])c(C(F)(F)F)c1. The van der Waals surface area contributed by atoms with Crippen LogP contribution in [0, 0.1) is 10.1 Å². The summed E-state index contributed by atoms with van der Waals surface area (Å²) in [6.45, 7) is 5.23. The minimum Gasteiger partial charge on any atom is -0.489 e. The monoisotopic (exact) mass is 261 g/mol. The highest BCUT2D eigenvalue weighted by Gasteiger charge is 2.38. The molecule has 0 amide bonds. The zero-order valence-corrected chi connectivity index (χ0v) is 9.45. The van der Waals surface area contributed by atoms with E-state index < -0.39 is 22.4 Å². The number of ether oxygens (including phenoxy) is 1. The molecule has 0 heterocycles. The van der Waals surface area contributed by atoms with E-state index in [1.54, 1.807) is 6.92 Å². The van der Waals surface area contributed by atoms with Gasteiger partial charge in [0.05, 0.1) is 4.92 Å². The largest absolute Gasteiger partial charge is 0.489 e. The van der Waals surface area contributed by atoms with Gasteiger partial charge in [0, 0.05) is 6.07 Å². The Morgan fingerprint density at radius 2 is 2.11 bits per heavy atom. The van der Waals surface area contributed by atoms with Crippen LogP contribution in [0.3, 0.4) is 0 Å². The summed E-state index contributed by atoms with van der Waals surface area (Å²) >= 11 is 0. The van der Waals surface area contributed by atoms with E-state index in [0.717, 1.165) is 12.1 Å². The molecule has 1 aromatic carbocycles. The van der Waals surface area contributed by atoms with E-state index in [-0.39, 0.29) is 12.4 Å². The van der Waals surface area contributed by atoms with Gasteiger partial charge in [-0.3, -0.25) is 10.1 Å². The number of nitro groups is 1. The highest BCUT2D eigenvalue weighted by Crippen LogP contribution is 2.38. The maximum Gasteiger partial charge on any atom is 0.423 e. The summed E-state index contributed by atoms with van der Waals surface area (Å²) in [5.74, 6) is -0.0871. The quantitative estimate of drug-likeness (QED) is 0.473. The molecule has 0 spiro atoms. The lowest BCUT2D eigenvalue weighted by molar-refractivity contribution is -0.388. The Balaban J connectivity index is 3.14. The highest BCUT2D eigenvalue weighted by molar-refractivity contribution is 5.47. The van der Waals surface area contributed by atoms with Gasteiger partial charge in [0.2, 0.25) is 0 Å². The van der Waals surface area contributed by atoms with Crippen LogP contribution in [0.4, 0.5) is 18.9 Å². The van der Waals surface area contributed by atoms with Crippen LogP contribution in [0.5, 0.6) is 5.75 Å². The van der Waals surface area contributed by atoms with Gasteiger partial charge in [-0.2, -0.15) is 13.2 Å². The summed E-state index contributed by atoms with van der Waals surface area (Å²) < 4.78 is 42.8. The molecule has 98 valence electrons. The van der Waals surface area contributed by atoms with E-state index in [1.165, 1.54) is 0 Å². The maximum atomic E-state index is 12.6. The topological polar surface area (TPSA) is 52.4 Å². The minimum absolute atomic E-state index is 0.0507. The molecule has 0 aliphatic carbocycles. The first-order valence-corrected chi connectivity index (χ1v) is 4.84. The minimum atomic E-state index is -4.80. The lowest BCUT2D eigenvalue weighted by Gasteiger charge is -2.10. The number of alkyl halides is 3. The Labute approximate surface area is 101 Å². The second kappa shape index (κ2) is 5.07. The van der Waals surface area contributed by atoms with Crippen molar-refractivity contribution >= 4 is 5.69 Å². The standard InChI is InChI=1S/C11H10F3NO3/c1-7(2)6-18-8-3-4-10(15(16)17)9(5-8)11(12,13)14/h3-5H,1,6H2,2H3. The van der Waals surface area contributed by atoms with Crippen LogP contribution < -0.4 is 4.74 Å².